The Kier molecular flexibility index (Phi) is 6.54. The average molecular weight is 563 g/mol. The number of anilines is 1. The number of carbonyl (C=O) groups excluding carboxylic acids is 1. The summed E-state index contributed by atoms with van der Waals surface area (Å²) in [5.41, 5.74) is 7.79. The molecule has 0 amide bonds. The van der Waals surface area contributed by atoms with Crippen LogP contribution in [0.25, 0.3) is 55.6 Å². The molecule has 6 nitrogen and oxygen atoms in total. The number of hydrogen-bond acceptors (Lipinski definition) is 4. The number of benzene rings is 4. The van der Waals surface area contributed by atoms with Crippen LogP contribution in [0.15, 0.2) is 95.4 Å². The van der Waals surface area contributed by atoms with Crippen LogP contribution in [0.4, 0.5) is 5.69 Å². The normalized spacial score (nSPS) is 11.8. The highest BCUT2D eigenvalue weighted by Crippen LogP contribution is 2.42. The van der Waals surface area contributed by atoms with E-state index in [0.29, 0.717) is 40.0 Å². The maximum absolute atomic E-state index is 13.3. The van der Waals surface area contributed by atoms with Gasteiger partial charge in [-0.2, -0.15) is 0 Å². The molecule has 0 atom stereocenters. The first-order chi connectivity index (χ1) is 19.6. The fourth-order valence-electron chi connectivity index (χ4n) is 5.25. The summed E-state index contributed by atoms with van der Waals surface area (Å²) >= 11 is 0. The zero-order valence-electron chi connectivity index (χ0n) is 23.4. The van der Waals surface area contributed by atoms with Gasteiger partial charge >= 0.3 is 0 Å². The van der Waals surface area contributed by atoms with Crippen molar-refractivity contribution in [3.05, 3.63) is 102 Å². The zero-order chi connectivity index (χ0) is 28.9. The van der Waals surface area contributed by atoms with Crippen LogP contribution in [-0.2, 0) is 10.0 Å². The summed E-state index contributed by atoms with van der Waals surface area (Å²) in [5, 5.41) is 1.76. The molecule has 0 aliphatic carbocycles. The second-order valence-electron chi connectivity index (χ2n) is 10.4. The van der Waals surface area contributed by atoms with E-state index in [1.165, 1.54) is 17.6 Å². The first kappa shape index (κ1) is 26.6. The predicted octanol–water partition coefficient (Wildman–Crippen LogP) is 8.21. The Bertz CT molecular complexity index is 2020. The monoisotopic (exact) mass is 562 g/mol. The Morgan fingerprint density at radius 1 is 0.878 bits per heavy atom. The Morgan fingerprint density at radius 2 is 1.61 bits per heavy atom. The third-order valence-corrected chi connectivity index (χ3v) is 8.76. The standard InChI is InChI=1S/C34H30N2O4S/c1-5-31(37)33-27-19-26(23-10-8-11-24(17-23)29-18-25-9-6-7-12-28(25)35-29)30(36(3)41(4,38)39)20-32(27)40-34(33)22-15-13-21(2)14-16-22/h6-20,35H,5H2,1-4H3. The van der Waals surface area contributed by atoms with Crippen molar-refractivity contribution in [2.24, 2.45) is 0 Å². The molecule has 41 heavy (non-hydrogen) atoms. The van der Waals surface area contributed by atoms with Gasteiger partial charge in [0.05, 0.1) is 17.5 Å². The van der Waals surface area contributed by atoms with Crippen LogP contribution in [0.3, 0.4) is 0 Å². The van der Waals surface area contributed by atoms with Crippen molar-refractivity contribution >= 4 is 43.4 Å². The molecule has 0 radical (unpaired) electrons. The molecule has 2 heterocycles. The highest BCUT2D eigenvalue weighted by atomic mass is 32.2. The van der Waals surface area contributed by atoms with E-state index in [-0.39, 0.29) is 5.78 Å². The van der Waals surface area contributed by atoms with Gasteiger partial charge in [0.2, 0.25) is 10.0 Å². The second kappa shape index (κ2) is 10.1. The minimum Gasteiger partial charge on any atom is -0.455 e. The van der Waals surface area contributed by atoms with Gasteiger partial charge in [-0.1, -0.05) is 73.2 Å². The quantitative estimate of drug-likeness (QED) is 0.199. The lowest BCUT2D eigenvalue weighted by molar-refractivity contribution is 0.0989. The molecule has 1 N–H and O–H groups in total. The number of Topliss-reactive ketones (excluding diaryl/α,β-unsaturated/α-hetero) is 1. The van der Waals surface area contributed by atoms with Gasteiger partial charge in [-0.3, -0.25) is 9.10 Å². The summed E-state index contributed by atoms with van der Waals surface area (Å²) in [6.45, 7) is 3.83. The number of nitrogens with one attached hydrogen (secondary N) is 1. The minimum atomic E-state index is -3.60. The van der Waals surface area contributed by atoms with Gasteiger partial charge in [0, 0.05) is 52.6 Å². The molecule has 0 saturated carbocycles. The molecule has 0 fully saturated rings. The summed E-state index contributed by atoms with van der Waals surface area (Å²) in [7, 11) is -2.07. The van der Waals surface area contributed by atoms with Gasteiger partial charge in [0.15, 0.2) is 5.78 Å². The lowest BCUT2D eigenvalue weighted by Gasteiger charge is -2.21. The molecule has 0 aliphatic rings. The molecule has 0 saturated heterocycles. The van der Waals surface area contributed by atoms with E-state index in [4.69, 9.17) is 4.42 Å². The topological polar surface area (TPSA) is 83.4 Å². The van der Waals surface area contributed by atoms with E-state index >= 15 is 0 Å². The molecule has 7 heteroatoms. The number of aromatic nitrogens is 1. The fourth-order valence-corrected chi connectivity index (χ4v) is 5.76. The molecule has 0 aliphatic heterocycles. The van der Waals surface area contributed by atoms with Crippen molar-refractivity contribution in [2.45, 2.75) is 20.3 Å². The molecule has 2 aromatic heterocycles. The lowest BCUT2D eigenvalue weighted by Crippen LogP contribution is -2.25. The molecule has 4 aromatic carbocycles. The van der Waals surface area contributed by atoms with Gasteiger partial charge in [-0.25, -0.2) is 8.42 Å². The number of fused-ring (bicyclic) bond motifs is 2. The summed E-state index contributed by atoms with van der Waals surface area (Å²) in [6, 6.07) is 29.6. The largest absolute Gasteiger partial charge is 0.455 e. The number of aryl methyl sites for hydroxylation is 1. The number of aromatic amines is 1. The maximum Gasteiger partial charge on any atom is 0.232 e. The van der Waals surface area contributed by atoms with E-state index in [1.54, 1.807) is 6.07 Å². The van der Waals surface area contributed by atoms with E-state index in [0.717, 1.165) is 38.9 Å². The van der Waals surface area contributed by atoms with Crippen LogP contribution in [0.2, 0.25) is 0 Å². The molecular weight excluding hydrogens is 532 g/mol. The van der Waals surface area contributed by atoms with Crippen molar-refractivity contribution in [1.29, 1.82) is 0 Å². The third kappa shape index (κ3) is 4.83. The van der Waals surface area contributed by atoms with Crippen LogP contribution >= 0.6 is 0 Å². The number of sulfonamides is 1. The maximum atomic E-state index is 13.3. The molecule has 6 rings (SSSR count). The lowest BCUT2D eigenvalue weighted by atomic mass is 9.95. The highest BCUT2D eigenvalue weighted by Gasteiger charge is 2.25. The number of H-pyrrole nitrogens is 1. The molecule has 0 unspecified atom stereocenters. The molecular formula is C34H30N2O4S. The van der Waals surface area contributed by atoms with Gasteiger partial charge in [0.1, 0.15) is 11.3 Å². The average Bonchev–Trinajstić information content (AvgIpc) is 3.57. The van der Waals surface area contributed by atoms with Crippen molar-refractivity contribution in [3.8, 4) is 33.7 Å². The van der Waals surface area contributed by atoms with Crippen LogP contribution in [0, 0.1) is 6.92 Å². The van der Waals surface area contributed by atoms with Crippen LogP contribution in [0.5, 0.6) is 0 Å². The van der Waals surface area contributed by atoms with Gasteiger partial charge < -0.3 is 9.40 Å². The molecule has 6 aromatic rings. The Labute approximate surface area is 239 Å². The van der Waals surface area contributed by atoms with Crippen LogP contribution in [0.1, 0.15) is 29.3 Å². The van der Waals surface area contributed by atoms with Gasteiger partial charge in [-0.05, 0) is 42.3 Å². The van der Waals surface area contributed by atoms with E-state index in [1.807, 2.05) is 86.6 Å². The summed E-state index contributed by atoms with van der Waals surface area (Å²) < 4.78 is 33.1. The van der Waals surface area contributed by atoms with Crippen molar-refractivity contribution < 1.29 is 17.6 Å². The number of carbonyl (C=O) groups is 1. The highest BCUT2D eigenvalue weighted by molar-refractivity contribution is 7.92. The Hall–Kier alpha value is -4.62. The van der Waals surface area contributed by atoms with E-state index in [2.05, 4.69) is 17.1 Å². The fraction of sp³-hybridized carbons (Fsp3) is 0.147. The number of hydrogen-bond donors (Lipinski definition) is 1. The third-order valence-electron chi connectivity index (χ3n) is 7.57. The number of ketones is 1. The van der Waals surface area contributed by atoms with E-state index < -0.39 is 10.0 Å². The van der Waals surface area contributed by atoms with Crippen molar-refractivity contribution in [2.75, 3.05) is 17.6 Å². The Balaban J connectivity index is 1.61. The van der Waals surface area contributed by atoms with E-state index in [9.17, 15) is 13.2 Å². The number of rotatable bonds is 7. The van der Waals surface area contributed by atoms with Crippen LogP contribution in [-0.4, -0.2) is 32.5 Å². The van der Waals surface area contributed by atoms with Crippen molar-refractivity contribution in [1.82, 2.24) is 4.98 Å². The molecule has 0 spiro atoms. The molecule has 0 bridgehead atoms. The van der Waals surface area contributed by atoms with Crippen LogP contribution < -0.4 is 4.31 Å². The van der Waals surface area contributed by atoms with Crippen molar-refractivity contribution in [3.63, 3.8) is 0 Å². The minimum absolute atomic E-state index is 0.0404. The van der Waals surface area contributed by atoms with Gasteiger partial charge in [-0.15, -0.1) is 0 Å². The Morgan fingerprint density at radius 3 is 2.32 bits per heavy atom. The zero-order valence-corrected chi connectivity index (χ0v) is 24.2. The number of nitrogens with zero attached hydrogens (tertiary/aromatic N) is 1. The second-order valence-corrected chi connectivity index (χ2v) is 12.4. The number of para-hydroxylation sites is 1. The number of furan rings is 1. The SMILES string of the molecule is CCC(=O)c1c(-c2ccc(C)cc2)oc2cc(N(C)S(C)(=O)=O)c(-c3cccc(-c4cc5ccccc5[nH]4)c3)cc12. The summed E-state index contributed by atoms with van der Waals surface area (Å²) in [5.74, 6) is 0.449. The first-order valence-corrected chi connectivity index (χ1v) is 15.3. The summed E-state index contributed by atoms with van der Waals surface area (Å²) in [6.07, 6.45) is 1.48. The predicted molar refractivity (Wildman–Crippen MR) is 167 cm³/mol. The first-order valence-electron chi connectivity index (χ1n) is 13.5. The summed E-state index contributed by atoms with van der Waals surface area (Å²) in [4.78, 5) is 16.8. The smallest absolute Gasteiger partial charge is 0.232 e. The molecule has 206 valence electrons. The van der Waals surface area contributed by atoms with Gasteiger partial charge in [0.25, 0.3) is 0 Å².